The van der Waals surface area contributed by atoms with Gasteiger partial charge in [0.05, 0.1) is 6.61 Å². The molecule has 2 rings (SSSR count). The number of nitrogens with one attached hydrogen (secondary N) is 1. The van der Waals surface area contributed by atoms with Crippen molar-refractivity contribution >= 4 is 21.6 Å². The Kier molecular flexibility index (Phi) is 5.24. The Labute approximate surface area is 129 Å². The average Bonchev–Trinajstić information content (AvgIpc) is 2.40. The van der Waals surface area contributed by atoms with E-state index in [2.05, 4.69) is 11.6 Å². The van der Waals surface area contributed by atoms with Crippen LogP contribution in [-0.2, 0) is 16.6 Å². The number of sulfonamides is 1. The van der Waals surface area contributed by atoms with Gasteiger partial charge in [0.1, 0.15) is 10.7 Å². The van der Waals surface area contributed by atoms with Crippen molar-refractivity contribution < 1.29 is 17.9 Å². The van der Waals surface area contributed by atoms with Crippen LogP contribution in [0.2, 0.25) is 5.02 Å². The van der Waals surface area contributed by atoms with Gasteiger partial charge in [-0.2, -0.15) is 0 Å². The molecule has 0 saturated heterocycles. The van der Waals surface area contributed by atoms with Gasteiger partial charge in [-0.1, -0.05) is 31.4 Å². The molecule has 0 bridgehead atoms. The highest BCUT2D eigenvalue weighted by Crippen LogP contribution is 2.27. The number of benzene rings is 1. The first kappa shape index (κ1) is 16.7. The number of rotatable bonds is 4. The molecule has 1 aliphatic carbocycles. The molecule has 0 aromatic heterocycles. The Bertz CT molecular complexity index is 621. The van der Waals surface area contributed by atoms with Crippen molar-refractivity contribution in [3.05, 3.63) is 28.5 Å². The Balaban J connectivity index is 2.29. The lowest BCUT2D eigenvalue weighted by Gasteiger charge is -2.27. The van der Waals surface area contributed by atoms with Crippen LogP contribution in [0.1, 0.15) is 38.2 Å². The van der Waals surface area contributed by atoms with Crippen molar-refractivity contribution in [2.75, 3.05) is 0 Å². The smallest absolute Gasteiger partial charge is 0.243 e. The third-order valence-corrected chi connectivity index (χ3v) is 5.54. The van der Waals surface area contributed by atoms with E-state index in [1.165, 1.54) is 6.07 Å². The van der Waals surface area contributed by atoms with Gasteiger partial charge in [-0.05, 0) is 30.9 Å². The molecule has 1 saturated carbocycles. The predicted molar refractivity (Wildman–Crippen MR) is 79.1 cm³/mol. The SMILES string of the molecule is CC1CCCC(NS(=O)(=O)c2cc(Cl)cc(CO)c2F)C1. The van der Waals surface area contributed by atoms with E-state index in [1.807, 2.05) is 0 Å². The normalized spacial score (nSPS) is 23.2. The molecule has 2 atom stereocenters. The Morgan fingerprint density at radius 3 is 2.76 bits per heavy atom. The summed E-state index contributed by atoms with van der Waals surface area (Å²) in [6, 6.07) is 2.11. The van der Waals surface area contributed by atoms with Crippen molar-refractivity contribution in [2.24, 2.45) is 5.92 Å². The number of halogens is 2. The molecule has 2 unspecified atom stereocenters. The summed E-state index contributed by atoms with van der Waals surface area (Å²) >= 11 is 5.80. The summed E-state index contributed by atoms with van der Waals surface area (Å²) < 4.78 is 41.4. The van der Waals surface area contributed by atoms with Gasteiger partial charge < -0.3 is 5.11 Å². The van der Waals surface area contributed by atoms with Crippen LogP contribution >= 0.6 is 11.6 Å². The monoisotopic (exact) mass is 335 g/mol. The molecule has 0 aliphatic heterocycles. The zero-order valence-corrected chi connectivity index (χ0v) is 13.3. The maximum atomic E-state index is 14.1. The summed E-state index contributed by atoms with van der Waals surface area (Å²) in [7, 11) is -3.99. The molecule has 0 heterocycles. The molecule has 2 N–H and O–H groups in total. The van der Waals surface area contributed by atoms with Crippen molar-refractivity contribution in [2.45, 2.75) is 50.2 Å². The summed E-state index contributed by atoms with van der Waals surface area (Å²) in [5, 5.41) is 9.16. The van der Waals surface area contributed by atoms with Crippen LogP contribution in [0.25, 0.3) is 0 Å². The fourth-order valence-corrected chi connectivity index (χ4v) is 4.49. The van der Waals surface area contributed by atoms with Gasteiger partial charge in [-0.3, -0.25) is 0 Å². The van der Waals surface area contributed by atoms with Crippen LogP contribution < -0.4 is 4.72 Å². The highest BCUT2D eigenvalue weighted by Gasteiger charge is 2.27. The summed E-state index contributed by atoms with van der Waals surface area (Å²) in [4.78, 5) is -0.503. The number of aliphatic hydroxyl groups is 1. The highest BCUT2D eigenvalue weighted by atomic mass is 35.5. The van der Waals surface area contributed by atoms with E-state index < -0.39 is 27.3 Å². The van der Waals surface area contributed by atoms with Gasteiger partial charge in [-0.15, -0.1) is 0 Å². The fraction of sp³-hybridized carbons (Fsp3) is 0.571. The van der Waals surface area contributed by atoms with E-state index in [4.69, 9.17) is 16.7 Å². The predicted octanol–water partition coefficient (Wildman–Crippen LogP) is 2.83. The molecular weight excluding hydrogens is 317 g/mol. The summed E-state index contributed by atoms with van der Waals surface area (Å²) in [5.41, 5.74) is -0.125. The van der Waals surface area contributed by atoms with E-state index in [-0.39, 0.29) is 16.6 Å². The lowest BCUT2D eigenvalue weighted by molar-refractivity contribution is 0.274. The number of hydrogen-bond acceptors (Lipinski definition) is 3. The van der Waals surface area contributed by atoms with Gasteiger partial charge >= 0.3 is 0 Å². The summed E-state index contributed by atoms with van der Waals surface area (Å²) in [6.45, 7) is 1.47. The van der Waals surface area contributed by atoms with Gasteiger partial charge in [-0.25, -0.2) is 17.5 Å². The van der Waals surface area contributed by atoms with Crippen molar-refractivity contribution in [3.8, 4) is 0 Å². The second kappa shape index (κ2) is 6.60. The molecule has 21 heavy (non-hydrogen) atoms. The highest BCUT2D eigenvalue weighted by molar-refractivity contribution is 7.89. The maximum Gasteiger partial charge on any atom is 0.243 e. The lowest BCUT2D eigenvalue weighted by atomic mass is 9.88. The van der Waals surface area contributed by atoms with Gasteiger partial charge in [0.15, 0.2) is 0 Å². The number of hydrogen-bond donors (Lipinski definition) is 2. The molecular formula is C14H19ClFNO3S. The molecule has 1 fully saturated rings. The van der Waals surface area contributed by atoms with Crippen LogP contribution in [-0.4, -0.2) is 19.6 Å². The third kappa shape index (κ3) is 3.94. The average molecular weight is 336 g/mol. The first-order valence-electron chi connectivity index (χ1n) is 6.94. The minimum Gasteiger partial charge on any atom is -0.392 e. The van der Waals surface area contributed by atoms with Gasteiger partial charge in [0.25, 0.3) is 0 Å². The van der Waals surface area contributed by atoms with Crippen molar-refractivity contribution in [1.29, 1.82) is 0 Å². The first-order valence-corrected chi connectivity index (χ1v) is 8.80. The maximum absolute atomic E-state index is 14.1. The molecule has 0 spiro atoms. The van der Waals surface area contributed by atoms with Gasteiger partial charge in [0.2, 0.25) is 10.0 Å². The second-order valence-electron chi connectivity index (χ2n) is 5.63. The van der Waals surface area contributed by atoms with Crippen molar-refractivity contribution in [3.63, 3.8) is 0 Å². The quantitative estimate of drug-likeness (QED) is 0.889. The fourth-order valence-electron chi connectivity index (χ4n) is 2.75. The van der Waals surface area contributed by atoms with Crippen LogP contribution in [0, 0.1) is 11.7 Å². The minimum atomic E-state index is -3.99. The van der Waals surface area contributed by atoms with Crippen LogP contribution in [0.5, 0.6) is 0 Å². The van der Waals surface area contributed by atoms with Crippen LogP contribution in [0.15, 0.2) is 17.0 Å². The van der Waals surface area contributed by atoms with E-state index in [0.717, 1.165) is 31.7 Å². The Morgan fingerprint density at radius 1 is 1.43 bits per heavy atom. The number of aliphatic hydroxyl groups excluding tert-OH is 1. The lowest BCUT2D eigenvalue weighted by Crippen LogP contribution is -2.38. The Hall–Kier alpha value is -0.690. The molecule has 0 radical (unpaired) electrons. The molecule has 4 nitrogen and oxygen atoms in total. The van der Waals surface area contributed by atoms with E-state index in [9.17, 15) is 12.8 Å². The molecule has 1 aliphatic rings. The van der Waals surface area contributed by atoms with Crippen LogP contribution in [0.3, 0.4) is 0 Å². The molecule has 118 valence electrons. The minimum absolute atomic E-state index is 0.0813. The van der Waals surface area contributed by atoms with Crippen molar-refractivity contribution in [1.82, 2.24) is 4.72 Å². The zero-order chi connectivity index (χ0) is 15.6. The van der Waals surface area contributed by atoms with Gasteiger partial charge in [0, 0.05) is 16.6 Å². The molecule has 1 aromatic rings. The first-order chi connectivity index (χ1) is 9.83. The standard InChI is InChI=1S/C14H19ClFNO3S/c1-9-3-2-4-12(5-9)17-21(19,20)13-7-11(15)6-10(8-18)14(13)16/h6-7,9,12,17-18H,2-5,8H2,1H3. The van der Waals surface area contributed by atoms with E-state index in [0.29, 0.717) is 5.92 Å². The molecule has 7 heteroatoms. The van der Waals surface area contributed by atoms with E-state index >= 15 is 0 Å². The topological polar surface area (TPSA) is 66.4 Å². The third-order valence-electron chi connectivity index (χ3n) is 3.80. The van der Waals surface area contributed by atoms with E-state index in [1.54, 1.807) is 0 Å². The molecule has 0 amide bonds. The summed E-state index contributed by atoms with van der Waals surface area (Å²) in [5.74, 6) is -0.498. The molecule has 1 aromatic carbocycles. The zero-order valence-electron chi connectivity index (χ0n) is 11.8. The summed E-state index contributed by atoms with van der Waals surface area (Å²) in [6.07, 6.45) is 3.53. The van der Waals surface area contributed by atoms with Crippen LogP contribution in [0.4, 0.5) is 4.39 Å². The second-order valence-corrected chi connectivity index (χ2v) is 7.74. The Morgan fingerprint density at radius 2 is 2.14 bits per heavy atom. The largest absolute Gasteiger partial charge is 0.392 e.